The van der Waals surface area contributed by atoms with Crippen LogP contribution in [0.1, 0.15) is 23.9 Å². The number of hydrogen-bond donors (Lipinski definition) is 1. The lowest BCUT2D eigenvalue weighted by Crippen LogP contribution is -2.20. The van der Waals surface area contributed by atoms with Crippen LogP contribution < -0.4 is 5.32 Å². The number of aryl methyl sites for hydroxylation is 1. The number of nitrogens with zero attached hydrogens (tertiary/aromatic N) is 3. The third-order valence-electron chi connectivity index (χ3n) is 3.03. The van der Waals surface area contributed by atoms with Gasteiger partial charge in [0.1, 0.15) is 12.1 Å². The van der Waals surface area contributed by atoms with Crippen LogP contribution in [0.25, 0.3) is 0 Å². The Morgan fingerprint density at radius 3 is 2.90 bits per heavy atom. The van der Waals surface area contributed by atoms with E-state index < -0.39 is 0 Å². The third-order valence-corrected chi connectivity index (χ3v) is 3.03. The lowest BCUT2D eigenvalue weighted by Gasteiger charge is -2.15. The molecule has 0 saturated heterocycles. The summed E-state index contributed by atoms with van der Waals surface area (Å²) in [6, 6.07) is 6.19. The van der Waals surface area contributed by atoms with Crippen molar-refractivity contribution in [3.63, 3.8) is 0 Å². The minimum atomic E-state index is 0.244. The smallest absolute Gasteiger partial charge is 0.129 e. The molecule has 0 aromatic carbocycles. The van der Waals surface area contributed by atoms with Crippen molar-refractivity contribution in [1.29, 1.82) is 0 Å². The summed E-state index contributed by atoms with van der Waals surface area (Å²) < 4.78 is 5.07. The van der Waals surface area contributed by atoms with E-state index in [4.69, 9.17) is 4.74 Å². The molecular formula is C15H20N4O. The fourth-order valence-electron chi connectivity index (χ4n) is 2.03. The molecule has 2 aromatic heterocycles. The number of rotatable bonds is 6. The first kappa shape index (κ1) is 14.4. The highest BCUT2D eigenvalue weighted by Crippen LogP contribution is 2.11. The van der Waals surface area contributed by atoms with Gasteiger partial charge in [-0.15, -0.1) is 0 Å². The maximum atomic E-state index is 5.07. The van der Waals surface area contributed by atoms with Gasteiger partial charge in [-0.1, -0.05) is 6.07 Å². The van der Waals surface area contributed by atoms with E-state index >= 15 is 0 Å². The Bertz CT molecular complexity index is 559. The quantitative estimate of drug-likeness (QED) is 0.874. The zero-order chi connectivity index (χ0) is 14.4. The zero-order valence-corrected chi connectivity index (χ0v) is 12.1. The van der Waals surface area contributed by atoms with E-state index in [-0.39, 0.29) is 6.04 Å². The summed E-state index contributed by atoms with van der Waals surface area (Å²) in [4.78, 5) is 12.8. The topological polar surface area (TPSA) is 59.9 Å². The number of anilines is 1. The van der Waals surface area contributed by atoms with Crippen molar-refractivity contribution in [2.75, 3.05) is 12.4 Å². The molecule has 0 amide bonds. The van der Waals surface area contributed by atoms with E-state index in [9.17, 15) is 0 Å². The highest BCUT2D eigenvalue weighted by Gasteiger charge is 2.08. The Hall–Kier alpha value is -2.01. The molecule has 1 atom stereocenters. The molecule has 0 unspecified atom stereocenters. The van der Waals surface area contributed by atoms with Crippen molar-refractivity contribution in [2.45, 2.75) is 32.9 Å². The molecule has 106 valence electrons. The molecule has 20 heavy (non-hydrogen) atoms. The normalized spacial score (nSPS) is 12.2. The van der Waals surface area contributed by atoms with E-state index in [0.717, 1.165) is 23.6 Å². The van der Waals surface area contributed by atoms with Crippen molar-refractivity contribution < 1.29 is 4.74 Å². The lowest BCUT2D eigenvalue weighted by molar-refractivity contribution is 0.181. The van der Waals surface area contributed by atoms with Gasteiger partial charge in [0.25, 0.3) is 0 Å². The second-order valence-electron chi connectivity index (χ2n) is 4.84. The molecule has 0 saturated carbocycles. The Morgan fingerprint density at radius 1 is 1.30 bits per heavy atom. The molecular weight excluding hydrogens is 252 g/mol. The van der Waals surface area contributed by atoms with Crippen molar-refractivity contribution in [3.8, 4) is 0 Å². The van der Waals surface area contributed by atoms with Gasteiger partial charge < -0.3 is 10.1 Å². The van der Waals surface area contributed by atoms with Gasteiger partial charge in [-0.2, -0.15) is 0 Å². The van der Waals surface area contributed by atoms with Crippen molar-refractivity contribution in [1.82, 2.24) is 15.0 Å². The monoisotopic (exact) mass is 272 g/mol. The number of hydrogen-bond acceptors (Lipinski definition) is 5. The first-order valence-electron chi connectivity index (χ1n) is 6.66. The molecule has 2 rings (SSSR count). The Labute approximate surface area is 119 Å². The predicted octanol–water partition coefficient (Wildman–Crippen LogP) is 2.37. The maximum Gasteiger partial charge on any atom is 0.129 e. The van der Waals surface area contributed by atoms with E-state index in [0.29, 0.717) is 6.61 Å². The maximum absolute atomic E-state index is 5.07. The number of nitrogens with one attached hydrogen (secondary N) is 1. The summed E-state index contributed by atoms with van der Waals surface area (Å²) in [5.41, 5.74) is 3.19. The van der Waals surface area contributed by atoms with E-state index in [1.807, 2.05) is 18.3 Å². The summed E-state index contributed by atoms with van der Waals surface area (Å²) >= 11 is 0. The second-order valence-corrected chi connectivity index (χ2v) is 4.84. The number of aromatic nitrogens is 3. The molecule has 5 heteroatoms. The van der Waals surface area contributed by atoms with Crippen LogP contribution in [0.3, 0.4) is 0 Å². The number of methoxy groups -OCH3 is 1. The lowest BCUT2D eigenvalue weighted by atomic mass is 10.1. The van der Waals surface area contributed by atoms with Gasteiger partial charge in [-0.05, 0) is 25.5 Å². The molecule has 0 fully saturated rings. The molecule has 0 spiro atoms. The van der Waals surface area contributed by atoms with Crippen LogP contribution in [-0.4, -0.2) is 28.1 Å². The van der Waals surface area contributed by atoms with Gasteiger partial charge >= 0.3 is 0 Å². The van der Waals surface area contributed by atoms with Crippen LogP contribution in [0.4, 0.5) is 5.82 Å². The summed E-state index contributed by atoms with van der Waals surface area (Å²) in [6.07, 6.45) is 4.24. The van der Waals surface area contributed by atoms with Crippen LogP contribution in [0.2, 0.25) is 0 Å². The van der Waals surface area contributed by atoms with Crippen molar-refractivity contribution >= 4 is 5.82 Å². The SMILES string of the molecule is COCc1cc(N[C@@H](C)Cc2ncccc2C)ncn1. The molecule has 0 radical (unpaired) electrons. The van der Waals surface area contributed by atoms with E-state index in [1.165, 1.54) is 5.56 Å². The van der Waals surface area contributed by atoms with Crippen LogP contribution in [0.15, 0.2) is 30.7 Å². The molecule has 0 aliphatic carbocycles. The molecule has 0 aliphatic rings. The van der Waals surface area contributed by atoms with Crippen LogP contribution in [0, 0.1) is 6.92 Å². The first-order chi connectivity index (χ1) is 9.69. The number of ether oxygens (including phenoxy) is 1. The van der Waals surface area contributed by atoms with E-state index in [1.54, 1.807) is 13.4 Å². The highest BCUT2D eigenvalue weighted by molar-refractivity contribution is 5.36. The minimum absolute atomic E-state index is 0.244. The van der Waals surface area contributed by atoms with Gasteiger partial charge in [0.15, 0.2) is 0 Å². The largest absolute Gasteiger partial charge is 0.378 e. The standard InChI is InChI=1S/C15H20N4O/c1-11-5-4-6-16-14(11)7-12(2)19-15-8-13(9-20-3)17-10-18-15/h4-6,8,10,12H,7,9H2,1-3H3,(H,17,18,19)/t12-/m0/s1. The van der Waals surface area contributed by atoms with Crippen molar-refractivity contribution in [2.24, 2.45) is 0 Å². The first-order valence-corrected chi connectivity index (χ1v) is 6.66. The van der Waals surface area contributed by atoms with Gasteiger partial charge in [0, 0.05) is 37.5 Å². The summed E-state index contributed by atoms with van der Waals surface area (Å²) in [7, 11) is 1.65. The molecule has 2 aromatic rings. The van der Waals surface area contributed by atoms with Gasteiger partial charge in [0.2, 0.25) is 0 Å². The van der Waals surface area contributed by atoms with Gasteiger partial charge in [-0.3, -0.25) is 4.98 Å². The minimum Gasteiger partial charge on any atom is -0.378 e. The molecule has 5 nitrogen and oxygen atoms in total. The molecule has 0 aliphatic heterocycles. The fourth-order valence-corrected chi connectivity index (χ4v) is 2.03. The van der Waals surface area contributed by atoms with Crippen molar-refractivity contribution in [3.05, 3.63) is 47.7 Å². The summed E-state index contributed by atoms with van der Waals surface area (Å²) in [6.45, 7) is 4.69. The average Bonchev–Trinajstić information content (AvgIpc) is 2.42. The zero-order valence-electron chi connectivity index (χ0n) is 12.1. The molecule has 0 bridgehead atoms. The molecule has 1 N–H and O–H groups in total. The Morgan fingerprint density at radius 2 is 2.15 bits per heavy atom. The predicted molar refractivity (Wildman–Crippen MR) is 78.5 cm³/mol. The Kier molecular flexibility index (Phi) is 5.01. The van der Waals surface area contributed by atoms with E-state index in [2.05, 4.69) is 40.2 Å². The second kappa shape index (κ2) is 6.96. The Balaban J connectivity index is 1.99. The van der Waals surface area contributed by atoms with Crippen LogP contribution >= 0.6 is 0 Å². The third kappa shape index (κ3) is 3.99. The van der Waals surface area contributed by atoms with Crippen LogP contribution in [0.5, 0.6) is 0 Å². The highest BCUT2D eigenvalue weighted by atomic mass is 16.5. The molecule has 2 heterocycles. The number of pyridine rings is 1. The van der Waals surface area contributed by atoms with Crippen LogP contribution in [-0.2, 0) is 17.8 Å². The van der Waals surface area contributed by atoms with Gasteiger partial charge in [-0.25, -0.2) is 9.97 Å². The fraction of sp³-hybridized carbons (Fsp3) is 0.400. The van der Waals surface area contributed by atoms with Gasteiger partial charge in [0.05, 0.1) is 12.3 Å². The average molecular weight is 272 g/mol. The summed E-state index contributed by atoms with van der Waals surface area (Å²) in [5, 5.41) is 3.37. The summed E-state index contributed by atoms with van der Waals surface area (Å²) in [5.74, 6) is 0.813.